The lowest BCUT2D eigenvalue weighted by Gasteiger charge is -2.32. The second kappa shape index (κ2) is 11.5. The largest absolute Gasteiger partial charge is 0.471 e. The van der Waals surface area contributed by atoms with Crippen molar-refractivity contribution >= 4 is 23.2 Å². The number of ether oxygens (including phenoxy) is 2. The van der Waals surface area contributed by atoms with E-state index in [-0.39, 0.29) is 18.2 Å². The molecule has 0 spiro atoms. The minimum absolute atomic E-state index is 0.0158. The molecule has 1 atom stereocenters. The third-order valence-corrected chi connectivity index (χ3v) is 6.38. The number of piperidine rings is 1. The lowest BCUT2D eigenvalue weighted by Crippen LogP contribution is -2.42. The maximum Gasteiger partial charge on any atom is 0.410 e. The number of nitrogens with zero attached hydrogens (tertiary/aromatic N) is 7. The molecule has 3 aromatic rings. The summed E-state index contributed by atoms with van der Waals surface area (Å²) in [5.74, 6) is 6.28. The van der Waals surface area contributed by atoms with Crippen LogP contribution in [0.15, 0.2) is 52.9 Å². The highest BCUT2D eigenvalue weighted by Gasteiger charge is 2.27. The van der Waals surface area contributed by atoms with Gasteiger partial charge in [-0.05, 0) is 59.6 Å². The van der Waals surface area contributed by atoms with Crippen LogP contribution in [0.2, 0.25) is 0 Å². The van der Waals surface area contributed by atoms with Crippen LogP contribution in [0, 0.1) is 11.3 Å². The lowest BCUT2D eigenvalue weighted by atomic mass is 10.0. The molecule has 2 N–H and O–H groups in total. The van der Waals surface area contributed by atoms with Crippen molar-refractivity contribution in [1.29, 1.82) is 5.26 Å². The molecule has 204 valence electrons. The number of nitriles is 1. The lowest BCUT2D eigenvalue weighted by molar-refractivity contribution is 0.0207. The molecular formula is C28H34N8O3. The van der Waals surface area contributed by atoms with Crippen molar-refractivity contribution in [2.24, 2.45) is 15.9 Å². The normalized spacial score (nSPS) is 16.2. The molecule has 0 aromatic carbocycles. The molecule has 39 heavy (non-hydrogen) atoms. The average Bonchev–Trinajstić information content (AvgIpc) is 3.32. The van der Waals surface area contributed by atoms with E-state index in [0.29, 0.717) is 60.1 Å². The predicted molar refractivity (Wildman–Crippen MR) is 148 cm³/mol. The molecule has 3 aromatic heterocycles. The van der Waals surface area contributed by atoms with Gasteiger partial charge in [0.1, 0.15) is 34.8 Å². The summed E-state index contributed by atoms with van der Waals surface area (Å²) in [6.45, 7) is 10.5. The number of hydrogen-bond donors (Lipinski definition) is 1. The van der Waals surface area contributed by atoms with Gasteiger partial charge in [-0.1, -0.05) is 6.07 Å². The number of amides is 1. The number of aliphatic imine (C=N–C) groups is 1. The number of fused-ring (bicyclic) bond motifs is 1. The van der Waals surface area contributed by atoms with Crippen molar-refractivity contribution < 1.29 is 14.3 Å². The van der Waals surface area contributed by atoms with Crippen molar-refractivity contribution in [2.75, 3.05) is 13.1 Å². The molecular weight excluding hydrogens is 496 g/mol. The maximum atomic E-state index is 12.4. The van der Waals surface area contributed by atoms with Gasteiger partial charge in [0.2, 0.25) is 5.88 Å². The van der Waals surface area contributed by atoms with Crippen molar-refractivity contribution in [3.63, 3.8) is 0 Å². The van der Waals surface area contributed by atoms with E-state index in [4.69, 9.17) is 20.3 Å². The van der Waals surface area contributed by atoms with E-state index in [1.165, 1.54) is 6.20 Å². The van der Waals surface area contributed by atoms with E-state index in [2.05, 4.69) is 21.1 Å². The maximum absolute atomic E-state index is 12.4. The van der Waals surface area contributed by atoms with Gasteiger partial charge >= 0.3 is 6.09 Å². The van der Waals surface area contributed by atoms with Crippen LogP contribution in [0.3, 0.4) is 0 Å². The molecule has 4 rings (SSSR count). The van der Waals surface area contributed by atoms with E-state index in [9.17, 15) is 10.1 Å². The van der Waals surface area contributed by atoms with Gasteiger partial charge in [-0.25, -0.2) is 9.78 Å². The average molecular weight is 531 g/mol. The Balaban J connectivity index is 1.57. The molecule has 0 bridgehead atoms. The van der Waals surface area contributed by atoms with E-state index in [1.807, 2.05) is 46.8 Å². The summed E-state index contributed by atoms with van der Waals surface area (Å²) in [6.07, 6.45) is 5.71. The topological polar surface area (TPSA) is 143 Å². The summed E-state index contributed by atoms with van der Waals surface area (Å²) in [5.41, 5.74) is 3.05. The molecule has 11 heteroatoms. The molecule has 1 aliphatic rings. The minimum atomic E-state index is -0.530. The standard InChI is InChI=1S/C28H34N8O3/c1-18(33-22-8-11-35(12-9-22)27(37)39-28(3,4)5)26(34-30)21-13-24-32-17-23(15-29)36(24)25(14-21)38-19(2)20-7-6-10-31-16-20/h6-7,10,13-14,16-17,19,22H,8-9,11-12,30H2,1-5H3/b33-18?,34-26+/t19-/m1/s1. The fourth-order valence-corrected chi connectivity index (χ4v) is 4.46. The van der Waals surface area contributed by atoms with Gasteiger partial charge in [0, 0.05) is 42.7 Å². The van der Waals surface area contributed by atoms with Gasteiger partial charge in [-0.15, -0.1) is 0 Å². The number of hydrazone groups is 1. The Bertz CT molecular complexity index is 1420. The summed E-state index contributed by atoms with van der Waals surface area (Å²) in [5, 5.41) is 13.7. The Hall–Kier alpha value is -4.46. The Labute approximate surface area is 228 Å². The number of carbonyl (C=O) groups excluding carboxylic acids is 1. The molecule has 0 unspecified atom stereocenters. The Morgan fingerprint density at radius 1 is 1.26 bits per heavy atom. The molecule has 0 aliphatic carbocycles. The van der Waals surface area contributed by atoms with Crippen molar-refractivity contribution in [3.05, 3.63) is 59.7 Å². The molecule has 1 amide bonds. The van der Waals surface area contributed by atoms with Crippen LogP contribution in [-0.4, -0.2) is 61.5 Å². The Morgan fingerprint density at radius 2 is 2.00 bits per heavy atom. The van der Waals surface area contributed by atoms with Crippen LogP contribution >= 0.6 is 0 Å². The fraction of sp³-hybridized carbons (Fsp3) is 0.429. The number of pyridine rings is 2. The van der Waals surface area contributed by atoms with Crippen LogP contribution in [0.25, 0.3) is 5.65 Å². The molecule has 0 radical (unpaired) electrons. The molecule has 1 fully saturated rings. The van der Waals surface area contributed by atoms with E-state index in [1.54, 1.807) is 33.8 Å². The minimum Gasteiger partial charge on any atom is -0.471 e. The van der Waals surface area contributed by atoms with Gasteiger partial charge in [-0.3, -0.25) is 14.4 Å². The number of aromatic nitrogens is 3. The predicted octanol–water partition coefficient (Wildman–Crippen LogP) is 4.26. The molecule has 0 saturated carbocycles. The number of nitrogens with two attached hydrogens (primary N) is 1. The molecule has 4 heterocycles. The number of imidazole rings is 1. The van der Waals surface area contributed by atoms with Crippen LogP contribution in [0.5, 0.6) is 5.88 Å². The van der Waals surface area contributed by atoms with Crippen molar-refractivity contribution in [3.8, 4) is 11.9 Å². The quantitative estimate of drug-likeness (QED) is 0.285. The van der Waals surface area contributed by atoms with Gasteiger partial charge in [0.25, 0.3) is 0 Å². The van der Waals surface area contributed by atoms with Crippen LogP contribution in [0.4, 0.5) is 4.79 Å². The zero-order valence-corrected chi connectivity index (χ0v) is 23.0. The first-order chi connectivity index (χ1) is 18.6. The van der Waals surface area contributed by atoms with Crippen LogP contribution in [0.1, 0.15) is 70.4 Å². The van der Waals surface area contributed by atoms with Gasteiger partial charge in [-0.2, -0.15) is 10.4 Å². The van der Waals surface area contributed by atoms with Crippen molar-refractivity contribution in [1.82, 2.24) is 19.3 Å². The smallest absolute Gasteiger partial charge is 0.410 e. The number of likely N-dealkylation sites (tertiary alicyclic amines) is 1. The van der Waals surface area contributed by atoms with Crippen molar-refractivity contribution in [2.45, 2.75) is 65.2 Å². The van der Waals surface area contributed by atoms with Gasteiger partial charge in [0.15, 0.2) is 0 Å². The Kier molecular flexibility index (Phi) is 8.14. The van der Waals surface area contributed by atoms with Gasteiger partial charge in [0.05, 0.1) is 18.0 Å². The second-order valence-corrected chi connectivity index (χ2v) is 10.5. The third kappa shape index (κ3) is 6.52. The highest BCUT2D eigenvalue weighted by Crippen LogP contribution is 2.26. The van der Waals surface area contributed by atoms with E-state index < -0.39 is 5.60 Å². The second-order valence-electron chi connectivity index (χ2n) is 10.5. The zero-order valence-electron chi connectivity index (χ0n) is 23.0. The highest BCUT2D eigenvalue weighted by molar-refractivity contribution is 6.47. The van der Waals surface area contributed by atoms with Crippen LogP contribution in [-0.2, 0) is 4.74 Å². The molecule has 1 aliphatic heterocycles. The fourth-order valence-electron chi connectivity index (χ4n) is 4.46. The SMILES string of the molecule is CC(=NC1CCN(C(=O)OC(C)(C)C)CC1)/C(=N\N)c1cc(O[C@H](C)c2cccnc2)n2c(C#N)cnc2c1. The van der Waals surface area contributed by atoms with E-state index >= 15 is 0 Å². The third-order valence-electron chi connectivity index (χ3n) is 6.38. The molecule has 1 saturated heterocycles. The van der Waals surface area contributed by atoms with E-state index in [0.717, 1.165) is 5.56 Å². The summed E-state index contributed by atoms with van der Waals surface area (Å²) in [4.78, 5) is 27.6. The highest BCUT2D eigenvalue weighted by atomic mass is 16.6. The molecule has 11 nitrogen and oxygen atoms in total. The first-order valence-electron chi connectivity index (χ1n) is 12.9. The summed E-state index contributed by atoms with van der Waals surface area (Å²) in [6, 6.07) is 9.54. The summed E-state index contributed by atoms with van der Waals surface area (Å²) >= 11 is 0. The van der Waals surface area contributed by atoms with Crippen LogP contribution < -0.4 is 10.6 Å². The zero-order chi connectivity index (χ0) is 28.2. The number of hydrogen-bond acceptors (Lipinski definition) is 9. The monoisotopic (exact) mass is 530 g/mol. The Morgan fingerprint density at radius 3 is 2.62 bits per heavy atom. The summed E-state index contributed by atoms with van der Waals surface area (Å²) < 4.78 is 13.4. The first-order valence-corrected chi connectivity index (χ1v) is 12.9. The summed E-state index contributed by atoms with van der Waals surface area (Å²) in [7, 11) is 0. The van der Waals surface area contributed by atoms with Gasteiger partial charge < -0.3 is 20.2 Å². The first kappa shape index (κ1) is 27.6. The number of carbonyl (C=O) groups is 1. The number of rotatable bonds is 6.